The van der Waals surface area contributed by atoms with Crippen molar-refractivity contribution >= 4 is 5.69 Å². The van der Waals surface area contributed by atoms with Crippen molar-refractivity contribution in [1.29, 1.82) is 0 Å². The molecule has 0 saturated carbocycles. The van der Waals surface area contributed by atoms with Crippen LogP contribution in [0, 0.1) is 5.82 Å². The molecule has 4 nitrogen and oxygen atoms in total. The Morgan fingerprint density at radius 2 is 2.10 bits per heavy atom. The third kappa shape index (κ3) is 2.64. The van der Waals surface area contributed by atoms with E-state index in [1.54, 1.807) is 7.11 Å². The van der Waals surface area contributed by atoms with E-state index in [1.807, 2.05) is 24.3 Å². The summed E-state index contributed by atoms with van der Waals surface area (Å²) in [6.07, 6.45) is -0.111. The van der Waals surface area contributed by atoms with Crippen molar-refractivity contribution in [3.63, 3.8) is 0 Å². The summed E-state index contributed by atoms with van der Waals surface area (Å²) in [4.78, 5) is 0. The van der Waals surface area contributed by atoms with Crippen molar-refractivity contribution in [2.45, 2.75) is 6.10 Å². The molecule has 110 valence electrons. The summed E-state index contributed by atoms with van der Waals surface area (Å²) in [6, 6.07) is 10.3. The molecule has 0 bridgehead atoms. The van der Waals surface area contributed by atoms with Crippen LogP contribution >= 0.6 is 0 Å². The van der Waals surface area contributed by atoms with Crippen molar-refractivity contribution in [3.8, 4) is 22.6 Å². The van der Waals surface area contributed by atoms with Crippen LogP contribution in [0.4, 0.5) is 10.1 Å². The van der Waals surface area contributed by atoms with Gasteiger partial charge in [-0.05, 0) is 23.8 Å². The van der Waals surface area contributed by atoms with Gasteiger partial charge in [0.25, 0.3) is 0 Å². The minimum atomic E-state index is -0.304. The standard InChI is InChI=1S/C16H17FN2O2/c1-20-12-4-2-10(3-5-12)14-6-11(17)7-15-16(14)21-13(8-18)9-19-15/h2-7,13,19H,8-9,18H2,1H3/t13-/m0/s1. The van der Waals surface area contributed by atoms with Gasteiger partial charge in [-0.3, -0.25) is 0 Å². The zero-order chi connectivity index (χ0) is 14.8. The van der Waals surface area contributed by atoms with Crippen LogP contribution in [0.3, 0.4) is 0 Å². The summed E-state index contributed by atoms with van der Waals surface area (Å²) in [5.74, 6) is 1.09. The molecule has 0 aromatic heterocycles. The number of hydrogen-bond acceptors (Lipinski definition) is 4. The largest absolute Gasteiger partial charge is 0.497 e. The van der Waals surface area contributed by atoms with E-state index in [9.17, 15) is 4.39 Å². The number of fused-ring (bicyclic) bond motifs is 1. The van der Waals surface area contributed by atoms with Crippen molar-refractivity contribution in [1.82, 2.24) is 0 Å². The van der Waals surface area contributed by atoms with E-state index < -0.39 is 0 Å². The molecule has 2 aromatic rings. The molecule has 0 radical (unpaired) electrons. The van der Waals surface area contributed by atoms with Gasteiger partial charge in [0.1, 0.15) is 17.7 Å². The molecule has 1 aliphatic rings. The summed E-state index contributed by atoms with van der Waals surface area (Å²) < 4.78 is 24.9. The molecular formula is C16H17FN2O2. The molecule has 5 heteroatoms. The Hall–Kier alpha value is -2.27. The Balaban J connectivity index is 2.06. The molecular weight excluding hydrogens is 271 g/mol. The average Bonchev–Trinajstić information content (AvgIpc) is 2.53. The lowest BCUT2D eigenvalue weighted by Gasteiger charge is -2.28. The van der Waals surface area contributed by atoms with Gasteiger partial charge in [-0.25, -0.2) is 4.39 Å². The Bertz CT molecular complexity index is 643. The predicted octanol–water partition coefficient (Wildman–Crippen LogP) is 2.63. The average molecular weight is 288 g/mol. The lowest BCUT2D eigenvalue weighted by atomic mass is 10.0. The van der Waals surface area contributed by atoms with Gasteiger partial charge in [0.2, 0.25) is 0 Å². The second kappa shape index (κ2) is 5.61. The maximum atomic E-state index is 13.8. The highest BCUT2D eigenvalue weighted by Crippen LogP contribution is 2.40. The molecule has 2 aromatic carbocycles. The van der Waals surface area contributed by atoms with E-state index in [1.165, 1.54) is 12.1 Å². The van der Waals surface area contributed by atoms with E-state index in [2.05, 4.69) is 5.32 Å². The highest BCUT2D eigenvalue weighted by molar-refractivity contribution is 5.79. The quantitative estimate of drug-likeness (QED) is 0.911. The van der Waals surface area contributed by atoms with E-state index in [-0.39, 0.29) is 11.9 Å². The smallest absolute Gasteiger partial charge is 0.151 e. The number of hydrogen-bond donors (Lipinski definition) is 2. The van der Waals surface area contributed by atoms with E-state index >= 15 is 0 Å². The van der Waals surface area contributed by atoms with Crippen molar-refractivity contribution < 1.29 is 13.9 Å². The van der Waals surface area contributed by atoms with Crippen LogP contribution in [0.15, 0.2) is 36.4 Å². The minimum Gasteiger partial charge on any atom is -0.497 e. The van der Waals surface area contributed by atoms with Crippen LogP contribution in [0.2, 0.25) is 0 Å². The maximum absolute atomic E-state index is 13.8. The molecule has 21 heavy (non-hydrogen) atoms. The van der Waals surface area contributed by atoms with Gasteiger partial charge in [-0.2, -0.15) is 0 Å². The Kier molecular flexibility index (Phi) is 3.66. The molecule has 0 spiro atoms. The number of halogens is 1. The van der Waals surface area contributed by atoms with Gasteiger partial charge in [0, 0.05) is 18.2 Å². The molecule has 3 N–H and O–H groups in total. The zero-order valence-electron chi connectivity index (χ0n) is 11.7. The lowest BCUT2D eigenvalue weighted by molar-refractivity contribution is 0.215. The maximum Gasteiger partial charge on any atom is 0.151 e. The number of methoxy groups -OCH3 is 1. The normalized spacial score (nSPS) is 16.6. The molecule has 1 heterocycles. The molecule has 0 saturated heterocycles. The fourth-order valence-corrected chi connectivity index (χ4v) is 2.40. The van der Waals surface area contributed by atoms with Crippen LogP contribution in [0.1, 0.15) is 0 Å². The van der Waals surface area contributed by atoms with Gasteiger partial charge in [-0.15, -0.1) is 0 Å². The molecule has 0 aliphatic carbocycles. The van der Waals surface area contributed by atoms with E-state index in [4.69, 9.17) is 15.2 Å². The topological polar surface area (TPSA) is 56.5 Å². The van der Waals surface area contributed by atoms with E-state index in [0.717, 1.165) is 11.3 Å². The highest BCUT2D eigenvalue weighted by atomic mass is 19.1. The second-order valence-corrected chi connectivity index (χ2v) is 4.91. The van der Waals surface area contributed by atoms with Crippen LogP contribution in [-0.4, -0.2) is 26.3 Å². The van der Waals surface area contributed by atoms with Gasteiger partial charge in [0.15, 0.2) is 5.75 Å². The first kappa shape index (κ1) is 13.7. The number of nitrogens with two attached hydrogens (primary N) is 1. The summed E-state index contributed by atoms with van der Waals surface area (Å²) >= 11 is 0. The van der Waals surface area contributed by atoms with Crippen LogP contribution in [0.25, 0.3) is 11.1 Å². The number of rotatable bonds is 3. The van der Waals surface area contributed by atoms with Crippen LogP contribution < -0.4 is 20.5 Å². The number of nitrogens with one attached hydrogen (secondary N) is 1. The number of ether oxygens (including phenoxy) is 2. The van der Waals surface area contributed by atoms with Gasteiger partial charge in [0.05, 0.1) is 19.3 Å². The third-order valence-electron chi connectivity index (χ3n) is 3.52. The van der Waals surface area contributed by atoms with Gasteiger partial charge in [-0.1, -0.05) is 12.1 Å². The van der Waals surface area contributed by atoms with Crippen LogP contribution in [-0.2, 0) is 0 Å². The van der Waals surface area contributed by atoms with Gasteiger partial charge >= 0.3 is 0 Å². The van der Waals surface area contributed by atoms with Crippen molar-refractivity contribution in [2.24, 2.45) is 5.73 Å². The molecule has 0 amide bonds. The first-order valence-electron chi connectivity index (χ1n) is 6.80. The fourth-order valence-electron chi connectivity index (χ4n) is 2.40. The summed E-state index contributed by atoms with van der Waals surface area (Å²) in [5.41, 5.74) is 7.89. The number of anilines is 1. The molecule has 0 unspecified atom stereocenters. The summed E-state index contributed by atoms with van der Waals surface area (Å²) in [7, 11) is 1.61. The van der Waals surface area contributed by atoms with Crippen molar-refractivity contribution in [3.05, 3.63) is 42.2 Å². The summed E-state index contributed by atoms with van der Waals surface area (Å²) in [6.45, 7) is 0.987. The van der Waals surface area contributed by atoms with Gasteiger partial charge < -0.3 is 20.5 Å². The molecule has 1 aliphatic heterocycles. The first-order valence-corrected chi connectivity index (χ1v) is 6.80. The molecule has 0 fully saturated rings. The first-order chi connectivity index (χ1) is 10.2. The highest BCUT2D eigenvalue weighted by Gasteiger charge is 2.22. The monoisotopic (exact) mass is 288 g/mol. The third-order valence-corrected chi connectivity index (χ3v) is 3.52. The molecule has 3 rings (SSSR count). The number of benzene rings is 2. The Labute approximate surface area is 122 Å². The van der Waals surface area contributed by atoms with Crippen molar-refractivity contribution in [2.75, 3.05) is 25.5 Å². The lowest BCUT2D eigenvalue weighted by Crippen LogP contribution is -2.37. The SMILES string of the molecule is COc1ccc(-c2cc(F)cc3c2O[C@@H](CN)CN3)cc1. The zero-order valence-corrected chi connectivity index (χ0v) is 11.7. The molecule has 1 atom stereocenters. The second-order valence-electron chi connectivity index (χ2n) is 4.91. The van der Waals surface area contributed by atoms with Crippen LogP contribution in [0.5, 0.6) is 11.5 Å². The Morgan fingerprint density at radius 1 is 1.33 bits per heavy atom. The minimum absolute atomic E-state index is 0.111. The fraction of sp³-hybridized carbons (Fsp3) is 0.250. The Morgan fingerprint density at radius 3 is 2.76 bits per heavy atom. The summed E-state index contributed by atoms with van der Waals surface area (Å²) in [5, 5.41) is 3.17. The van der Waals surface area contributed by atoms with E-state index in [0.29, 0.717) is 30.1 Å². The predicted molar refractivity (Wildman–Crippen MR) is 80.3 cm³/mol.